The molecule has 0 unspecified atom stereocenters. The first-order valence-electron chi connectivity index (χ1n) is 9.40. The van der Waals surface area contributed by atoms with Gasteiger partial charge in [-0.25, -0.2) is 17.9 Å². The molecule has 1 aromatic heterocycles. The van der Waals surface area contributed by atoms with Crippen LogP contribution in [0.2, 0.25) is 0 Å². The van der Waals surface area contributed by atoms with Crippen LogP contribution >= 0.6 is 0 Å². The number of ether oxygens (including phenoxy) is 1. The SMILES string of the molecule is COc1ccc(N2CCC(NS(=O)(=O)c3ccc4oc(=O)ccc4c3)CC2)cc1. The Kier molecular flexibility index (Phi) is 5.29. The van der Waals surface area contributed by atoms with Gasteiger partial charge in [-0.1, -0.05) is 0 Å². The molecule has 3 aromatic rings. The predicted octanol–water partition coefficient (Wildman–Crippen LogP) is 2.75. The Morgan fingerprint density at radius 3 is 2.45 bits per heavy atom. The average molecular weight is 414 g/mol. The standard InChI is InChI=1S/C21H22N2O5S/c1-27-18-5-3-17(4-6-18)23-12-10-16(11-13-23)22-29(25,26)19-7-8-20-15(14-19)2-9-21(24)28-20/h2-9,14,16,22H,10-13H2,1H3. The van der Waals surface area contributed by atoms with Gasteiger partial charge in [0.1, 0.15) is 11.3 Å². The minimum absolute atomic E-state index is 0.126. The molecule has 1 N–H and O–H groups in total. The number of fused-ring (bicyclic) bond motifs is 1. The zero-order valence-corrected chi connectivity index (χ0v) is 16.8. The van der Waals surface area contributed by atoms with Crippen LogP contribution in [-0.4, -0.2) is 34.7 Å². The van der Waals surface area contributed by atoms with Gasteiger partial charge in [0.15, 0.2) is 0 Å². The lowest BCUT2D eigenvalue weighted by Crippen LogP contribution is -2.44. The number of rotatable bonds is 5. The first-order chi connectivity index (χ1) is 13.9. The van der Waals surface area contributed by atoms with Crippen LogP contribution in [0.15, 0.2) is 68.7 Å². The molecule has 0 amide bonds. The monoisotopic (exact) mass is 414 g/mol. The third-order valence-corrected chi connectivity index (χ3v) is 6.67. The summed E-state index contributed by atoms with van der Waals surface area (Å²) in [7, 11) is -2.02. The summed E-state index contributed by atoms with van der Waals surface area (Å²) in [5.41, 5.74) is 1.00. The molecular weight excluding hydrogens is 392 g/mol. The lowest BCUT2D eigenvalue weighted by Gasteiger charge is -2.33. The van der Waals surface area contributed by atoms with Crippen LogP contribution in [0.1, 0.15) is 12.8 Å². The molecule has 0 saturated carbocycles. The normalized spacial score (nSPS) is 15.6. The summed E-state index contributed by atoms with van der Waals surface area (Å²) in [6.07, 6.45) is 1.43. The number of nitrogens with one attached hydrogen (secondary N) is 1. The fourth-order valence-corrected chi connectivity index (χ4v) is 4.89. The fourth-order valence-electron chi connectivity index (χ4n) is 3.55. The summed E-state index contributed by atoms with van der Waals surface area (Å²) in [6.45, 7) is 1.53. The van der Waals surface area contributed by atoms with Crippen molar-refractivity contribution < 1.29 is 17.6 Å². The molecule has 8 heteroatoms. The van der Waals surface area contributed by atoms with Crippen molar-refractivity contribution in [1.82, 2.24) is 4.72 Å². The van der Waals surface area contributed by atoms with E-state index < -0.39 is 15.6 Å². The molecule has 1 fully saturated rings. The molecule has 1 aliphatic rings. The Labute approximate surface area is 169 Å². The summed E-state index contributed by atoms with van der Waals surface area (Å²) in [5.74, 6) is 0.811. The number of sulfonamides is 1. The lowest BCUT2D eigenvalue weighted by molar-refractivity contribution is 0.414. The molecule has 2 aromatic carbocycles. The van der Waals surface area contributed by atoms with Crippen LogP contribution in [0.25, 0.3) is 11.0 Å². The molecule has 1 saturated heterocycles. The van der Waals surface area contributed by atoms with E-state index in [1.807, 2.05) is 24.3 Å². The zero-order chi connectivity index (χ0) is 20.4. The van der Waals surface area contributed by atoms with Gasteiger partial charge in [-0.15, -0.1) is 0 Å². The first-order valence-corrected chi connectivity index (χ1v) is 10.9. The summed E-state index contributed by atoms with van der Waals surface area (Å²) in [5, 5.41) is 0.571. The van der Waals surface area contributed by atoms with Crippen molar-refractivity contribution in [2.45, 2.75) is 23.8 Å². The largest absolute Gasteiger partial charge is 0.497 e. The second-order valence-corrected chi connectivity index (χ2v) is 8.75. The average Bonchev–Trinajstić information content (AvgIpc) is 2.73. The zero-order valence-electron chi connectivity index (χ0n) is 16.0. The molecule has 0 aliphatic carbocycles. The maximum Gasteiger partial charge on any atom is 0.336 e. The van der Waals surface area contributed by atoms with Crippen LogP contribution in [-0.2, 0) is 10.0 Å². The molecule has 0 radical (unpaired) electrons. The number of hydrogen-bond donors (Lipinski definition) is 1. The van der Waals surface area contributed by atoms with E-state index in [2.05, 4.69) is 9.62 Å². The van der Waals surface area contributed by atoms with Crippen molar-refractivity contribution in [2.24, 2.45) is 0 Å². The molecule has 29 heavy (non-hydrogen) atoms. The highest BCUT2D eigenvalue weighted by Gasteiger charge is 2.25. The smallest absolute Gasteiger partial charge is 0.336 e. The van der Waals surface area contributed by atoms with Crippen LogP contribution in [0, 0.1) is 0 Å². The van der Waals surface area contributed by atoms with Gasteiger partial charge in [0.2, 0.25) is 10.0 Å². The number of hydrogen-bond acceptors (Lipinski definition) is 6. The van der Waals surface area contributed by atoms with Gasteiger partial charge < -0.3 is 14.1 Å². The fraction of sp³-hybridized carbons (Fsp3) is 0.286. The van der Waals surface area contributed by atoms with Gasteiger partial charge in [-0.05, 0) is 61.4 Å². The highest BCUT2D eigenvalue weighted by Crippen LogP contribution is 2.24. The molecular formula is C21H22N2O5S. The van der Waals surface area contributed by atoms with Crippen molar-refractivity contribution in [3.63, 3.8) is 0 Å². The molecule has 4 rings (SSSR count). The minimum atomic E-state index is -3.66. The van der Waals surface area contributed by atoms with Gasteiger partial charge in [0.05, 0.1) is 12.0 Å². The number of benzene rings is 2. The van der Waals surface area contributed by atoms with E-state index in [4.69, 9.17) is 9.15 Å². The summed E-state index contributed by atoms with van der Waals surface area (Å²) in [6, 6.07) is 15.1. The molecule has 2 heterocycles. The van der Waals surface area contributed by atoms with Crippen molar-refractivity contribution in [1.29, 1.82) is 0 Å². The van der Waals surface area contributed by atoms with E-state index in [1.165, 1.54) is 24.3 Å². The third kappa shape index (κ3) is 4.28. The Morgan fingerprint density at radius 1 is 1.03 bits per heavy atom. The van der Waals surface area contributed by atoms with Gasteiger partial charge in [-0.2, -0.15) is 0 Å². The van der Waals surface area contributed by atoms with Crippen LogP contribution in [0.5, 0.6) is 5.75 Å². The molecule has 152 valence electrons. The lowest BCUT2D eigenvalue weighted by atomic mass is 10.1. The highest BCUT2D eigenvalue weighted by atomic mass is 32.2. The molecule has 0 bridgehead atoms. The predicted molar refractivity (Wildman–Crippen MR) is 111 cm³/mol. The molecule has 1 aliphatic heterocycles. The van der Waals surface area contributed by atoms with Crippen molar-refractivity contribution in [3.05, 3.63) is 65.0 Å². The van der Waals surface area contributed by atoms with E-state index >= 15 is 0 Å². The number of nitrogens with zero attached hydrogens (tertiary/aromatic N) is 1. The van der Waals surface area contributed by atoms with Gasteiger partial charge in [-0.3, -0.25) is 0 Å². The van der Waals surface area contributed by atoms with E-state index in [0.29, 0.717) is 23.8 Å². The Morgan fingerprint density at radius 2 is 1.76 bits per heavy atom. The van der Waals surface area contributed by atoms with Crippen LogP contribution in [0.4, 0.5) is 5.69 Å². The Balaban J connectivity index is 1.42. The molecule has 0 atom stereocenters. The first kappa shape index (κ1) is 19.5. The maximum absolute atomic E-state index is 12.8. The second-order valence-electron chi connectivity index (χ2n) is 7.03. The third-order valence-electron chi connectivity index (χ3n) is 5.16. The molecule has 7 nitrogen and oxygen atoms in total. The van der Waals surface area contributed by atoms with Gasteiger partial charge in [0.25, 0.3) is 0 Å². The number of anilines is 1. The van der Waals surface area contributed by atoms with Crippen molar-refractivity contribution in [3.8, 4) is 5.75 Å². The summed E-state index contributed by atoms with van der Waals surface area (Å²) < 4.78 is 38.7. The van der Waals surface area contributed by atoms with Crippen LogP contribution < -0.4 is 20.0 Å². The quantitative estimate of drug-likeness (QED) is 0.646. The Bertz CT molecular complexity index is 1160. The van der Waals surface area contributed by atoms with E-state index in [9.17, 15) is 13.2 Å². The topological polar surface area (TPSA) is 88.8 Å². The second kappa shape index (κ2) is 7.88. The highest BCUT2D eigenvalue weighted by molar-refractivity contribution is 7.89. The number of piperidine rings is 1. The van der Waals surface area contributed by atoms with Crippen molar-refractivity contribution >= 4 is 26.7 Å². The maximum atomic E-state index is 12.8. The van der Waals surface area contributed by atoms with Crippen LogP contribution in [0.3, 0.4) is 0 Å². The minimum Gasteiger partial charge on any atom is -0.497 e. The van der Waals surface area contributed by atoms with E-state index in [1.54, 1.807) is 13.2 Å². The van der Waals surface area contributed by atoms with Crippen molar-refractivity contribution in [2.75, 3.05) is 25.1 Å². The summed E-state index contributed by atoms with van der Waals surface area (Å²) >= 11 is 0. The molecule has 0 spiro atoms. The summed E-state index contributed by atoms with van der Waals surface area (Å²) in [4.78, 5) is 13.7. The van der Waals surface area contributed by atoms with E-state index in [-0.39, 0.29) is 10.9 Å². The van der Waals surface area contributed by atoms with Gasteiger partial charge in [0, 0.05) is 36.3 Å². The Hall–Kier alpha value is -2.84. The number of methoxy groups -OCH3 is 1. The van der Waals surface area contributed by atoms with Gasteiger partial charge >= 0.3 is 5.63 Å². The van der Waals surface area contributed by atoms with E-state index in [0.717, 1.165) is 24.5 Å².